The quantitative estimate of drug-likeness (QED) is 0.649. The SMILES string of the molecule is CC(C)C(C)(C)c1cc(CC(C)(C)C(C)(C)c2ccncc2)ccn1. The minimum absolute atomic E-state index is 0.0486. The van der Waals surface area contributed by atoms with E-state index in [2.05, 4.69) is 89.6 Å². The second kappa shape index (κ2) is 6.90. The first kappa shape index (κ1) is 19.6. The summed E-state index contributed by atoms with van der Waals surface area (Å²) in [5, 5.41) is 0. The fraction of sp³-hybridized carbons (Fsp3) is 0.565. The first-order valence-corrected chi connectivity index (χ1v) is 9.34. The molecule has 0 unspecified atom stereocenters. The zero-order valence-electron chi connectivity index (χ0n) is 17.2. The lowest BCUT2D eigenvalue weighted by Gasteiger charge is -2.42. The van der Waals surface area contributed by atoms with Crippen LogP contribution >= 0.6 is 0 Å². The first-order chi connectivity index (χ1) is 11.5. The van der Waals surface area contributed by atoms with Crippen LogP contribution in [0.5, 0.6) is 0 Å². The molecular weight excluding hydrogens is 304 g/mol. The molecule has 0 radical (unpaired) electrons. The van der Waals surface area contributed by atoms with E-state index in [1.807, 2.05) is 18.6 Å². The van der Waals surface area contributed by atoms with E-state index in [1.54, 1.807) is 0 Å². The molecule has 0 atom stereocenters. The lowest BCUT2D eigenvalue weighted by atomic mass is 9.62. The Morgan fingerprint density at radius 2 is 1.48 bits per heavy atom. The minimum atomic E-state index is 0.0486. The van der Waals surface area contributed by atoms with Gasteiger partial charge >= 0.3 is 0 Å². The highest BCUT2D eigenvalue weighted by molar-refractivity contribution is 5.28. The second-order valence-electron chi connectivity index (χ2n) is 9.35. The van der Waals surface area contributed by atoms with E-state index >= 15 is 0 Å². The Balaban J connectivity index is 2.32. The summed E-state index contributed by atoms with van der Waals surface area (Å²) in [6.45, 7) is 18.5. The summed E-state index contributed by atoms with van der Waals surface area (Å²) in [5.74, 6) is 0.552. The number of pyridine rings is 2. The highest BCUT2D eigenvalue weighted by atomic mass is 14.7. The van der Waals surface area contributed by atoms with E-state index in [0.29, 0.717) is 5.92 Å². The van der Waals surface area contributed by atoms with Crippen molar-refractivity contribution in [3.8, 4) is 0 Å². The van der Waals surface area contributed by atoms with Crippen LogP contribution in [-0.2, 0) is 17.3 Å². The van der Waals surface area contributed by atoms with Crippen molar-refractivity contribution in [3.63, 3.8) is 0 Å². The Bertz CT molecular complexity index is 697. The molecule has 0 aliphatic rings. The summed E-state index contributed by atoms with van der Waals surface area (Å²) in [6.07, 6.45) is 6.78. The van der Waals surface area contributed by atoms with E-state index in [-0.39, 0.29) is 16.2 Å². The van der Waals surface area contributed by atoms with Crippen LogP contribution in [0.15, 0.2) is 42.9 Å². The second-order valence-corrected chi connectivity index (χ2v) is 9.35. The highest BCUT2D eigenvalue weighted by Gasteiger charge is 2.38. The molecule has 2 heteroatoms. The Kier molecular flexibility index (Phi) is 5.41. The van der Waals surface area contributed by atoms with Gasteiger partial charge in [-0.3, -0.25) is 9.97 Å². The molecule has 0 bridgehead atoms. The summed E-state index contributed by atoms with van der Waals surface area (Å²) >= 11 is 0. The fourth-order valence-corrected chi connectivity index (χ4v) is 3.12. The van der Waals surface area contributed by atoms with Crippen LogP contribution in [0.2, 0.25) is 0 Å². The van der Waals surface area contributed by atoms with E-state index in [9.17, 15) is 0 Å². The van der Waals surface area contributed by atoms with E-state index in [4.69, 9.17) is 0 Å². The first-order valence-electron chi connectivity index (χ1n) is 9.34. The summed E-state index contributed by atoms with van der Waals surface area (Å²) in [7, 11) is 0. The van der Waals surface area contributed by atoms with Crippen molar-refractivity contribution in [3.05, 3.63) is 59.7 Å². The zero-order chi connectivity index (χ0) is 18.9. The third-order valence-corrected chi connectivity index (χ3v) is 6.67. The molecule has 2 aromatic rings. The van der Waals surface area contributed by atoms with Crippen molar-refractivity contribution in [2.75, 3.05) is 0 Å². The van der Waals surface area contributed by atoms with Crippen molar-refractivity contribution < 1.29 is 0 Å². The van der Waals surface area contributed by atoms with Crippen LogP contribution in [0, 0.1) is 11.3 Å². The highest BCUT2D eigenvalue weighted by Crippen LogP contribution is 2.43. The van der Waals surface area contributed by atoms with Crippen LogP contribution in [0.25, 0.3) is 0 Å². The van der Waals surface area contributed by atoms with Gasteiger partial charge in [0, 0.05) is 29.7 Å². The third kappa shape index (κ3) is 3.94. The van der Waals surface area contributed by atoms with Gasteiger partial charge in [0.15, 0.2) is 0 Å². The molecule has 136 valence electrons. The molecule has 0 aliphatic carbocycles. The molecule has 0 amide bonds. The lowest BCUT2D eigenvalue weighted by molar-refractivity contribution is 0.195. The van der Waals surface area contributed by atoms with Crippen LogP contribution in [0.4, 0.5) is 0 Å². The number of rotatable bonds is 6. The number of hydrogen-bond donors (Lipinski definition) is 0. The summed E-state index contributed by atoms with van der Waals surface area (Å²) < 4.78 is 0. The molecule has 0 spiro atoms. The molecule has 0 aromatic carbocycles. The van der Waals surface area contributed by atoms with E-state index < -0.39 is 0 Å². The Morgan fingerprint density at radius 3 is 2.04 bits per heavy atom. The molecule has 0 saturated carbocycles. The minimum Gasteiger partial charge on any atom is -0.265 e. The van der Waals surface area contributed by atoms with Crippen LogP contribution < -0.4 is 0 Å². The van der Waals surface area contributed by atoms with Gasteiger partial charge in [0.25, 0.3) is 0 Å². The normalized spacial score (nSPS) is 13.3. The van der Waals surface area contributed by atoms with Crippen LogP contribution in [-0.4, -0.2) is 9.97 Å². The molecule has 0 saturated heterocycles. The van der Waals surface area contributed by atoms with Crippen molar-refractivity contribution >= 4 is 0 Å². The summed E-state index contributed by atoms with van der Waals surface area (Å²) in [6, 6.07) is 8.76. The molecule has 0 aliphatic heterocycles. The Labute approximate surface area is 154 Å². The molecule has 2 rings (SSSR count). The van der Waals surface area contributed by atoms with Gasteiger partial charge in [-0.05, 0) is 58.6 Å². The molecule has 2 heterocycles. The average Bonchev–Trinajstić information content (AvgIpc) is 2.55. The summed E-state index contributed by atoms with van der Waals surface area (Å²) in [4.78, 5) is 8.85. The fourth-order valence-electron chi connectivity index (χ4n) is 3.12. The molecule has 0 fully saturated rings. The van der Waals surface area contributed by atoms with Gasteiger partial charge in [-0.25, -0.2) is 0 Å². The van der Waals surface area contributed by atoms with Gasteiger partial charge in [-0.15, -0.1) is 0 Å². The molecule has 0 N–H and O–H groups in total. The maximum Gasteiger partial charge on any atom is 0.0465 e. The lowest BCUT2D eigenvalue weighted by Crippen LogP contribution is -2.38. The van der Waals surface area contributed by atoms with Gasteiger partial charge in [0.2, 0.25) is 0 Å². The molecule has 25 heavy (non-hydrogen) atoms. The van der Waals surface area contributed by atoms with Gasteiger partial charge < -0.3 is 0 Å². The Morgan fingerprint density at radius 1 is 0.880 bits per heavy atom. The van der Waals surface area contributed by atoms with Crippen molar-refractivity contribution in [1.82, 2.24) is 9.97 Å². The van der Waals surface area contributed by atoms with Crippen LogP contribution in [0.1, 0.15) is 72.2 Å². The van der Waals surface area contributed by atoms with Crippen molar-refractivity contribution in [1.29, 1.82) is 0 Å². The van der Waals surface area contributed by atoms with Gasteiger partial charge in [0.05, 0.1) is 0 Å². The smallest absolute Gasteiger partial charge is 0.0465 e. The monoisotopic (exact) mass is 338 g/mol. The van der Waals surface area contributed by atoms with Crippen LogP contribution in [0.3, 0.4) is 0 Å². The molecular formula is C23H34N2. The number of hydrogen-bond acceptors (Lipinski definition) is 2. The van der Waals surface area contributed by atoms with E-state index in [0.717, 1.165) is 6.42 Å². The van der Waals surface area contributed by atoms with Crippen molar-refractivity contribution in [2.45, 2.75) is 72.6 Å². The topological polar surface area (TPSA) is 25.8 Å². The largest absolute Gasteiger partial charge is 0.265 e. The number of aromatic nitrogens is 2. The predicted molar refractivity (Wildman–Crippen MR) is 107 cm³/mol. The Hall–Kier alpha value is -1.70. The standard InChI is InChI=1S/C23H34N2/c1-17(2)22(5,6)20-15-18(9-14-25-20)16-21(3,4)23(7,8)19-10-12-24-13-11-19/h9-15,17H,16H2,1-8H3. The average molecular weight is 339 g/mol. The van der Waals surface area contributed by atoms with E-state index in [1.165, 1.54) is 16.8 Å². The summed E-state index contributed by atoms with van der Waals surface area (Å²) in [5.41, 5.74) is 4.13. The number of nitrogens with zero attached hydrogens (tertiary/aromatic N) is 2. The molecule has 2 aromatic heterocycles. The van der Waals surface area contributed by atoms with Crippen molar-refractivity contribution in [2.24, 2.45) is 11.3 Å². The van der Waals surface area contributed by atoms with Gasteiger partial charge in [-0.2, -0.15) is 0 Å². The predicted octanol–water partition coefficient (Wildman–Crippen LogP) is 5.96. The zero-order valence-corrected chi connectivity index (χ0v) is 17.2. The maximum absolute atomic E-state index is 4.67. The maximum atomic E-state index is 4.67. The third-order valence-electron chi connectivity index (χ3n) is 6.67. The van der Waals surface area contributed by atoms with Gasteiger partial charge in [0.1, 0.15) is 0 Å². The molecule has 2 nitrogen and oxygen atoms in total. The van der Waals surface area contributed by atoms with Gasteiger partial charge in [-0.1, -0.05) is 55.4 Å².